The lowest BCUT2D eigenvalue weighted by Gasteiger charge is -2.05. The van der Waals surface area contributed by atoms with Crippen molar-refractivity contribution in [2.45, 2.75) is 18.2 Å². The number of carbonyl (C=O) groups is 2. The Morgan fingerprint density at radius 3 is 2.27 bits per heavy atom. The standard InChI is InChI=1S/C17H16FNO2S/c1-2-17(21)19-14-7-3-12(4-8-14)16(20)11-22-15-9-5-13(18)6-10-15/h3-10H,2,11H2,1H3,(H,19,21). The molecule has 0 aliphatic rings. The molecule has 1 amide bonds. The molecule has 3 nitrogen and oxygen atoms in total. The second-order valence-corrected chi connectivity index (χ2v) is 5.69. The molecule has 0 aliphatic carbocycles. The van der Waals surface area contributed by atoms with Gasteiger partial charge in [-0.15, -0.1) is 11.8 Å². The van der Waals surface area contributed by atoms with Gasteiger partial charge in [0.25, 0.3) is 0 Å². The van der Waals surface area contributed by atoms with Crippen LogP contribution in [-0.4, -0.2) is 17.4 Å². The van der Waals surface area contributed by atoms with Crippen molar-refractivity contribution in [1.82, 2.24) is 0 Å². The van der Waals surface area contributed by atoms with Crippen molar-refractivity contribution >= 4 is 29.1 Å². The summed E-state index contributed by atoms with van der Waals surface area (Å²) in [7, 11) is 0. The number of amides is 1. The predicted molar refractivity (Wildman–Crippen MR) is 86.8 cm³/mol. The molecule has 0 spiro atoms. The molecule has 5 heteroatoms. The van der Waals surface area contributed by atoms with E-state index in [0.717, 1.165) is 4.90 Å². The van der Waals surface area contributed by atoms with Gasteiger partial charge in [0.15, 0.2) is 5.78 Å². The van der Waals surface area contributed by atoms with Crippen LogP contribution >= 0.6 is 11.8 Å². The van der Waals surface area contributed by atoms with E-state index >= 15 is 0 Å². The summed E-state index contributed by atoms with van der Waals surface area (Å²) in [5.41, 5.74) is 1.26. The van der Waals surface area contributed by atoms with Crippen LogP contribution in [0, 0.1) is 5.82 Å². The van der Waals surface area contributed by atoms with E-state index in [2.05, 4.69) is 5.32 Å². The van der Waals surface area contributed by atoms with Crippen LogP contribution in [0.2, 0.25) is 0 Å². The Hall–Kier alpha value is -2.14. The number of ketones is 1. The van der Waals surface area contributed by atoms with Crippen LogP contribution in [0.15, 0.2) is 53.4 Å². The van der Waals surface area contributed by atoms with Gasteiger partial charge in [0.1, 0.15) is 5.82 Å². The molecule has 2 rings (SSSR count). The van der Waals surface area contributed by atoms with Crippen LogP contribution in [0.25, 0.3) is 0 Å². The Bertz CT molecular complexity index is 653. The highest BCUT2D eigenvalue weighted by Gasteiger charge is 2.07. The fraction of sp³-hybridized carbons (Fsp3) is 0.176. The molecule has 0 bridgehead atoms. The van der Waals surface area contributed by atoms with Crippen molar-refractivity contribution < 1.29 is 14.0 Å². The molecule has 0 saturated heterocycles. The van der Waals surface area contributed by atoms with E-state index in [1.807, 2.05) is 0 Å². The summed E-state index contributed by atoms with van der Waals surface area (Å²) in [4.78, 5) is 24.2. The van der Waals surface area contributed by atoms with Crippen LogP contribution in [0.3, 0.4) is 0 Å². The van der Waals surface area contributed by atoms with Gasteiger partial charge in [0.2, 0.25) is 5.91 Å². The first-order valence-corrected chi connectivity index (χ1v) is 7.88. The summed E-state index contributed by atoms with van der Waals surface area (Å²) in [6, 6.07) is 12.9. The zero-order valence-electron chi connectivity index (χ0n) is 12.1. The van der Waals surface area contributed by atoms with E-state index in [0.29, 0.717) is 17.7 Å². The number of halogens is 1. The van der Waals surface area contributed by atoms with Gasteiger partial charge in [0, 0.05) is 22.6 Å². The molecule has 1 N–H and O–H groups in total. The SMILES string of the molecule is CCC(=O)Nc1ccc(C(=O)CSc2ccc(F)cc2)cc1. The molecule has 2 aromatic carbocycles. The highest BCUT2D eigenvalue weighted by atomic mass is 32.2. The second kappa shape index (κ2) is 7.75. The average Bonchev–Trinajstić information content (AvgIpc) is 2.54. The van der Waals surface area contributed by atoms with Crippen LogP contribution in [0.4, 0.5) is 10.1 Å². The van der Waals surface area contributed by atoms with Crippen LogP contribution < -0.4 is 5.32 Å². The molecule has 0 fully saturated rings. The van der Waals surface area contributed by atoms with E-state index in [4.69, 9.17) is 0 Å². The Balaban J connectivity index is 1.92. The highest BCUT2D eigenvalue weighted by molar-refractivity contribution is 8.00. The van der Waals surface area contributed by atoms with Gasteiger partial charge >= 0.3 is 0 Å². The smallest absolute Gasteiger partial charge is 0.224 e. The molecule has 0 radical (unpaired) electrons. The van der Waals surface area contributed by atoms with Crippen molar-refractivity contribution in [3.8, 4) is 0 Å². The van der Waals surface area contributed by atoms with Crippen LogP contribution in [-0.2, 0) is 4.79 Å². The lowest BCUT2D eigenvalue weighted by atomic mass is 10.1. The maximum Gasteiger partial charge on any atom is 0.224 e. The summed E-state index contributed by atoms with van der Waals surface area (Å²) in [6.45, 7) is 1.78. The minimum absolute atomic E-state index is 0.0114. The largest absolute Gasteiger partial charge is 0.326 e. The van der Waals surface area contributed by atoms with Gasteiger partial charge in [-0.05, 0) is 48.5 Å². The first-order valence-electron chi connectivity index (χ1n) is 6.90. The lowest BCUT2D eigenvalue weighted by Crippen LogP contribution is -2.09. The number of nitrogens with one attached hydrogen (secondary N) is 1. The molecular weight excluding hydrogens is 301 g/mol. The summed E-state index contributed by atoms with van der Waals surface area (Å²) in [5.74, 6) is -0.0826. The number of carbonyl (C=O) groups excluding carboxylic acids is 2. The molecule has 0 aliphatic heterocycles. The Morgan fingerprint density at radius 1 is 1.05 bits per heavy atom. The van der Waals surface area contributed by atoms with E-state index in [-0.39, 0.29) is 23.3 Å². The molecule has 2 aromatic rings. The van der Waals surface area contributed by atoms with Gasteiger partial charge in [-0.3, -0.25) is 9.59 Å². The van der Waals surface area contributed by atoms with Crippen LogP contribution in [0.5, 0.6) is 0 Å². The topological polar surface area (TPSA) is 46.2 Å². The number of benzene rings is 2. The van der Waals surface area contributed by atoms with Crippen molar-refractivity contribution in [3.63, 3.8) is 0 Å². The monoisotopic (exact) mass is 317 g/mol. The number of anilines is 1. The number of Topliss-reactive ketones (excluding diaryl/α,β-unsaturated/α-hetero) is 1. The third kappa shape index (κ3) is 4.70. The third-order valence-electron chi connectivity index (χ3n) is 3.00. The lowest BCUT2D eigenvalue weighted by molar-refractivity contribution is -0.115. The number of hydrogen-bond donors (Lipinski definition) is 1. The van der Waals surface area contributed by atoms with Crippen molar-refractivity contribution in [2.24, 2.45) is 0 Å². The molecule has 22 heavy (non-hydrogen) atoms. The number of hydrogen-bond acceptors (Lipinski definition) is 3. The first-order chi connectivity index (χ1) is 10.6. The minimum Gasteiger partial charge on any atom is -0.326 e. The molecule has 0 unspecified atom stereocenters. The Labute approximate surface area is 132 Å². The van der Waals surface area contributed by atoms with Gasteiger partial charge in [0.05, 0.1) is 5.75 Å². The highest BCUT2D eigenvalue weighted by Crippen LogP contribution is 2.20. The molecule has 114 valence electrons. The van der Waals surface area contributed by atoms with E-state index in [1.165, 1.54) is 23.9 Å². The van der Waals surface area contributed by atoms with E-state index < -0.39 is 0 Å². The Kier molecular flexibility index (Phi) is 5.72. The molecule has 0 atom stereocenters. The van der Waals surface area contributed by atoms with Gasteiger partial charge < -0.3 is 5.32 Å². The zero-order chi connectivity index (χ0) is 15.9. The minimum atomic E-state index is -0.291. The molecule has 0 heterocycles. The van der Waals surface area contributed by atoms with Crippen LogP contribution in [0.1, 0.15) is 23.7 Å². The number of thioether (sulfide) groups is 1. The first kappa shape index (κ1) is 16.2. The number of rotatable bonds is 6. The molecule has 0 saturated carbocycles. The van der Waals surface area contributed by atoms with Gasteiger partial charge in [-0.25, -0.2) is 4.39 Å². The predicted octanol–water partition coefficient (Wildman–Crippen LogP) is 4.15. The summed E-state index contributed by atoms with van der Waals surface area (Å²) >= 11 is 1.36. The average molecular weight is 317 g/mol. The van der Waals surface area contributed by atoms with Gasteiger partial charge in [-0.1, -0.05) is 6.92 Å². The summed E-state index contributed by atoms with van der Waals surface area (Å²) in [6.07, 6.45) is 0.412. The van der Waals surface area contributed by atoms with Crippen molar-refractivity contribution in [1.29, 1.82) is 0 Å². The normalized spacial score (nSPS) is 10.3. The van der Waals surface area contributed by atoms with Gasteiger partial charge in [-0.2, -0.15) is 0 Å². The summed E-state index contributed by atoms with van der Waals surface area (Å²) in [5, 5.41) is 2.73. The summed E-state index contributed by atoms with van der Waals surface area (Å²) < 4.78 is 12.8. The third-order valence-corrected chi connectivity index (χ3v) is 4.01. The maximum atomic E-state index is 12.8. The fourth-order valence-corrected chi connectivity index (χ4v) is 2.54. The molecule has 0 aromatic heterocycles. The fourth-order valence-electron chi connectivity index (χ4n) is 1.75. The molecular formula is C17H16FNO2S. The maximum absolute atomic E-state index is 12.8. The Morgan fingerprint density at radius 2 is 1.68 bits per heavy atom. The van der Waals surface area contributed by atoms with E-state index in [1.54, 1.807) is 43.3 Å². The zero-order valence-corrected chi connectivity index (χ0v) is 13.0. The van der Waals surface area contributed by atoms with Crippen molar-refractivity contribution in [2.75, 3.05) is 11.1 Å². The van der Waals surface area contributed by atoms with Crippen molar-refractivity contribution in [3.05, 3.63) is 59.9 Å². The second-order valence-electron chi connectivity index (χ2n) is 4.64. The van der Waals surface area contributed by atoms with E-state index in [9.17, 15) is 14.0 Å². The quantitative estimate of drug-likeness (QED) is 0.643.